The lowest BCUT2D eigenvalue weighted by atomic mass is 9.97. The number of anilines is 1. The van der Waals surface area contributed by atoms with Gasteiger partial charge in [-0.25, -0.2) is 9.97 Å². The van der Waals surface area contributed by atoms with Gasteiger partial charge in [0.1, 0.15) is 0 Å². The first-order valence-electron chi connectivity index (χ1n) is 10.1. The molecule has 3 heterocycles. The Morgan fingerprint density at radius 1 is 1.21 bits per heavy atom. The molecule has 2 aromatic heterocycles. The lowest BCUT2D eigenvalue weighted by molar-refractivity contribution is -0.125. The van der Waals surface area contributed by atoms with Crippen molar-refractivity contribution in [1.82, 2.24) is 20.3 Å². The molecule has 1 aliphatic heterocycles. The average Bonchev–Trinajstić information content (AvgIpc) is 2.78. The topological polar surface area (TPSA) is 80.2 Å². The number of benzene rings is 1. The van der Waals surface area contributed by atoms with E-state index in [-0.39, 0.29) is 11.8 Å². The fraction of sp³-hybridized carbons (Fsp3) is 0.364. The van der Waals surface area contributed by atoms with E-state index in [1.807, 2.05) is 43.3 Å². The smallest absolute Gasteiger partial charge is 0.258 e. The lowest BCUT2D eigenvalue weighted by Gasteiger charge is -2.33. The zero-order valence-corrected chi connectivity index (χ0v) is 16.5. The van der Waals surface area contributed by atoms with Crippen LogP contribution < -0.4 is 15.0 Å². The second-order valence-corrected chi connectivity index (χ2v) is 7.14. The highest BCUT2D eigenvalue weighted by Gasteiger charge is 2.28. The van der Waals surface area contributed by atoms with E-state index < -0.39 is 0 Å². The Balaban J connectivity index is 1.50. The van der Waals surface area contributed by atoms with Crippen LogP contribution in [0.1, 0.15) is 25.3 Å². The number of hydrogen-bond donors (Lipinski definition) is 1. The zero-order chi connectivity index (χ0) is 20.1. The van der Waals surface area contributed by atoms with E-state index in [9.17, 15) is 4.79 Å². The maximum atomic E-state index is 12.7. The van der Waals surface area contributed by atoms with Gasteiger partial charge in [-0.2, -0.15) is 0 Å². The number of nitrogens with zero attached hydrogens (tertiary/aromatic N) is 4. The second-order valence-electron chi connectivity index (χ2n) is 7.14. The molecular weight excluding hydrogens is 366 g/mol. The molecule has 0 saturated carbocycles. The summed E-state index contributed by atoms with van der Waals surface area (Å²) >= 11 is 0. The molecule has 1 aromatic carbocycles. The number of aromatic nitrogens is 3. The van der Waals surface area contributed by atoms with Gasteiger partial charge in [-0.1, -0.05) is 18.2 Å². The van der Waals surface area contributed by atoms with Crippen LogP contribution >= 0.6 is 0 Å². The average molecular weight is 391 g/mol. The highest BCUT2D eigenvalue weighted by molar-refractivity contribution is 5.80. The van der Waals surface area contributed by atoms with Crippen LogP contribution in [0.3, 0.4) is 0 Å². The first kappa shape index (κ1) is 19.1. The fourth-order valence-electron chi connectivity index (χ4n) is 3.63. The summed E-state index contributed by atoms with van der Waals surface area (Å²) in [5.74, 6) is 1.21. The van der Waals surface area contributed by atoms with Crippen molar-refractivity contribution in [3.63, 3.8) is 0 Å². The maximum Gasteiger partial charge on any atom is 0.258 e. The summed E-state index contributed by atoms with van der Waals surface area (Å²) in [5, 5.41) is 3.04. The van der Waals surface area contributed by atoms with Crippen molar-refractivity contribution in [1.29, 1.82) is 0 Å². The molecule has 4 rings (SSSR count). The van der Waals surface area contributed by atoms with E-state index in [1.54, 1.807) is 12.4 Å². The third-order valence-corrected chi connectivity index (χ3v) is 5.08. The number of ether oxygens (including phenoxy) is 1. The highest BCUT2D eigenvalue weighted by Crippen LogP contribution is 2.30. The third kappa shape index (κ3) is 4.45. The van der Waals surface area contributed by atoms with Gasteiger partial charge in [-0.3, -0.25) is 9.78 Å². The number of amides is 1. The number of fused-ring (bicyclic) bond motifs is 1. The first-order chi connectivity index (χ1) is 14.2. The maximum absolute atomic E-state index is 12.7. The molecule has 0 radical (unpaired) electrons. The second kappa shape index (κ2) is 8.86. The minimum atomic E-state index is -0.0943. The van der Waals surface area contributed by atoms with Crippen LogP contribution in [0.5, 0.6) is 5.88 Å². The summed E-state index contributed by atoms with van der Waals surface area (Å²) < 4.78 is 5.78. The van der Waals surface area contributed by atoms with Crippen molar-refractivity contribution >= 4 is 22.8 Å². The minimum Gasteiger partial charge on any atom is -0.475 e. The number of carbonyl (C=O) groups is 1. The molecule has 1 fully saturated rings. The number of pyridine rings is 1. The van der Waals surface area contributed by atoms with Crippen molar-refractivity contribution in [2.24, 2.45) is 5.92 Å². The number of nitrogens with one attached hydrogen (secondary N) is 1. The quantitative estimate of drug-likeness (QED) is 0.696. The first-order valence-corrected chi connectivity index (χ1v) is 10.1. The number of para-hydroxylation sites is 2. The monoisotopic (exact) mass is 391 g/mol. The Kier molecular flexibility index (Phi) is 5.84. The van der Waals surface area contributed by atoms with E-state index in [1.165, 1.54) is 0 Å². The number of carbonyl (C=O) groups excluding carboxylic acids is 1. The van der Waals surface area contributed by atoms with E-state index in [0.29, 0.717) is 25.6 Å². The van der Waals surface area contributed by atoms with Gasteiger partial charge in [-0.15, -0.1) is 0 Å². The Labute approximate surface area is 170 Å². The molecule has 1 saturated heterocycles. The van der Waals surface area contributed by atoms with Gasteiger partial charge in [0.15, 0.2) is 5.82 Å². The molecule has 1 N–H and O–H groups in total. The molecular formula is C22H25N5O2. The highest BCUT2D eigenvalue weighted by atomic mass is 16.5. The molecule has 1 atom stereocenters. The Morgan fingerprint density at radius 3 is 2.79 bits per heavy atom. The van der Waals surface area contributed by atoms with Crippen LogP contribution in [0.4, 0.5) is 5.82 Å². The van der Waals surface area contributed by atoms with Gasteiger partial charge in [-0.05, 0) is 43.5 Å². The number of piperidine rings is 1. The molecule has 1 aliphatic rings. The van der Waals surface area contributed by atoms with E-state index in [2.05, 4.69) is 20.2 Å². The van der Waals surface area contributed by atoms with Crippen LogP contribution in [0.15, 0.2) is 48.8 Å². The standard InChI is InChI=1S/C22H25N5O2/c1-2-29-22-20(25-18-9-3-4-10-19(18)26-22)27-12-6-8-17(15-27)21(28)24-14-16-7-5-11-23-13-16/h3-5,7,9-11,13,17H,2,6,8,12,14-15H2,1H3,(H,24,28). The van der Waals surface area contributed by atoms with Gasteiger partial charge in [0.25, 0.3) is 5.88 Å². The molecule has 29 heavy (non-hydrogen) atoms. The van der Waals surface area contributed by atoms with Crippen LogP contribution in [0.25, 0.3) is 11.0 Å². The summed E-state index contributed by atoms with van der Waals surface area (Å²) in [6, 6.07) is 11.6. The van der Waals surface area contributed by atoms with E-state index in [0.717, 1.165) is 41.8 Å². The summed E-state index contributed by atoms with van der Waals surface area (Å²) in [4.78, 5) is 28.4. The van der Waals surface area contributed by atoms with Gasteiger partial charge in [0.05, 0.1) is 23.6 Å². The molecule has 0 bridgehead atoms. The fourth-order valence-corrected chi connectivity index (χ4v) is 3.63. The summed E-state index contributed by atoms with van der Waals surface area (Å²) in [5.41, 5.74) is 2.63. The molecule has 1 unspecified atom stereocenters. The Morgan fingerprint density at radius 2 is 2.03 bits per heavy atom. The van der Waals surface area contributed by atoms with Crippen LogP contribution in [0.2, 0.25) is 0 Å². The van der Waals surface area contributed by atoms with Crippen molar-refractivity contribution in [3.8, 4) is 5.88 Å². The molecule has 1 amide bonds. The molecule has 7 nitrogen and oxygen atoms in total. The van der Waals surface area contributed by atoms with Crippen LogP contribution in [-0.4, -0.2) is 40.6 Å². The van der Waals surface area contributed by atoms with Gasteiger partial charge in [0.2, 0.25) is 5.91 Å². The molecule has 3 aromatic rings. The lowest BCUT2D eigenvalue weighted by Crippen LogP contribution is -2.43. The normalized spacial score (nSPS) is 16.6. The summed E-state index contributed by atoms with van der Waals surface area (Å²) in [7, 11) is 0. The molecule has 7 heteroatoms. The number of hydrogen-bond acceptors (Lipinski definition) is 6. The SMILES string of the molecule is CCOc1nc2ccccc2nc1N1CCCC(C(=O)NCc2cccnc2)C1. The van der Waals surface area contributed by atoms with Gasteiger partial charge in [0, 0.05) is 32.0 Å². The molecule has 150 valence electrons. The molecule has 0 spiro atoms. The zero-order valence-electron chi connectivity index (χ0n) is 16.5. The van der Waals surface area contributed by atoms with Gasteiger partial charge >= 0.3 is 0 Å². The predicted molar refractivity (Wildman–Crippen MR) is 112 cm³/mol. The summed E-state index contributed by atoms with van der Waals surface area (Å²) in [6.45, 7) is 4.38. The summed E-state index contributed by atoms with van der Waals surface area (Å²) in [6.07, 6.45) is 5.28. The van der Waals surface area contributed by atoms with Crippen molar-refractivity contribution in [3.05, 3.63) is 54.4 Å². The minimum absolute atomic E-state index is 0.0604. The van der Waals surface area contributed by atoms with Crippen molar-refractivity contribution in [2.45, 2.75) is 26.3 Å². The van der Waals surface area contributed by atoms with E-state index in [4.69, 9.17) is 9.72 Å². The van der Waals surface area contributed by atoms with Crippen LogP contribution in [-0.2, 0) is 11.3 Å². The Bertz CT molecular complexity index is 979. The molecule has 0 aliphatic carbocycles. The van der Waals surface area contributed by atoms with Gasteiger partial charge < -0.3 is 15.0 Å². The van der Waals surface area contributed by atoms with Crippen molar-refractivity contribution < 1.29 is 9.53 Å². The number of rotatable bonds is 6. The predicted octanol–water partition coefficient (Wildman–Crippen LogP) is 2.96. The third-order valence-electron chi connectivity index (χ3n) is 5.08. The van der Waals surface area contributed by atoms with Crippen LogP contribution in [0, 0.1) is 5.92 Å². The largest absolute Gasteiger partial charge is 0.475 e. The van der Waals surface area contributed by atoms with Crippen molar-refractivity contribution in [2.75, 3.05) is 24.6 Å². The Hall–Kier alpha value is -3.22. The van der Waals surface area contributed by atoms with E-state index >= 15 is 0 Å².